The van der Waals surface area contributed by atoms with Gasteiger partial charge in [0.2, 0.25) is 5.91 Å². The number of non-ortho nitro benzene ring substituents is 1. The molecule has 7 nitrogen and oxygen atoms in total. The Morgan fingerprint density at radius 2 is 1.86 bits per heavy atom. The van der Waals surface area contributed by atoms with Crippen LogP contribution in [0, 0.1) is 22.0 Å². The van der Waals surface area contributed by atoms with Crippen LogP contribution in [0.1, 0.15) is 25.7 Å². The van der Waals surface area contributed by atoms with Gasteiger partial charge < -0.3 is 15.2 Å². The van der Waals surface area contributed by atoms with Crippen molar-refractivity contribution >= 4 is 34.9 Å². The quantitative estimate of drug-likeness (QED) is 0.669. The molecular weight excluding hydrogens is 312 g/mol. The van der Waals surface area contributed by atoms with Crippen LogP contribution in [0.4, 0.5) is 11.4 Å². The molecule has 0 radical (unpaired) electrons. The molecule has 1 aromatic carbocycles. The summed E-state index contributed by atoms with van der Waals surface area (Å²) in [6.07, 6.45) is 2.32. The normalized spacial score (nSPS) is 21.1. The summed E-state index contributed by atoms with van der Waals surface area (Å²) in [7, 11) is 0. The average molecular weight is 326 g/mol. The van der Waals surface area contributed by atoms with E-state index in [0.29, 0.717) is 12.8 Å². The van der Waals surface area contributed by atoms with Crippen molar-refractivity contribution in [1.82, 2.24) is 0 Å². The van der Waals surface area contributed by atoms with Crippen LogP contribution in [0.5, 0.6) is 0 Å². The maximum Gasteiger partial charge on any atom is 0.271 e. The molecule has 1 saturated carbocycles. The molecule has 1 aliphatic rings. The number of carboxylic acid groups (broad SMARTS) is 1. The van der Waals surface area contributed by atoms with Gasteiger partial charge in [0, 0.05) is 29.9 Å². The highest BCUT2D eigenvalue weighted by atomic mass is 35.5. The molecule has 0 bridgehead atoms. The van der Waals surface area contributed by atoms with Gasteiger partial charge in [-0.25, -0.2) is 0 Å². The molecule has 0 heterocycles. The second-order valence-electron chi connectivity index (χ2n) is 5.23. The smallest absolute Gasteiger partial charge is 0.271 e. The Balaban J connectivity index is 2.19. The predicted octanol–water partition coefficient (Wildman–Crippen LogP) is 1.74. The van der Waals surface area contributed by atoms with Crippen LogP contribution < -0.4 is 10.4 Å². The third kappa shape index (κ3) is 3.54. The minimum Gasteiger partial charge on any atom is -0.550 e. The van der Waals surface area contributed by atoms with Crippen molar-refractivity contribution in [2.75, 3.05) is 5.32 Å². The Morgan fingerprint density at radius 3 is 2.45 bits per heavy atom. The van der Waals surface area contributed by atoms with E-state index in [1.807, 2.05) is 0 Å². The predicted molar refractivity (Wildman–Crippen MR) is 77.2 cm³/mol. The number of hydrogen-bond donors (Lipinski definition) is 1. The molecule has 118 valence electrons. The fraction of sp³-hybridized carbons (Fsp3) is 0.429. The third-order valence-corrected chi connectivity index (χ3v) is 4.15. The van der Waals surface area contributed by atoms with Crippen LogP contribution in [0.3, 0.4) is 0 Å². The van der Waals surface area contributed by atoms with Gasteiger partial charge in [-0.15, -0.1) is 0 Å². The number of nitro groups is 1. The molecule has 0 aliphatic heterocycles. The Bertz CT molecular complexity index is 619. The van der Waals surface area contributed by atoms with Gasteiger partial charge in [0.15, 0.2) is 0 Å². The molecule has 2 rings (SSSR count). The standard InChI is InChI=1S/C14H15ClN2O5/c15-11-6-5-8(17(21)22)7-12(11)16-13(18)9-3-1-2-4-10(9)14(19)20/h5-7,9-10H,1-4H2,(H,16,18)(H,19,20)/p-1. The minimum atomic E-state index is -1.25. The number of amides is 1. The number of carbonyl (C=O) groups excluding carboxylic acids is 2. The molecule has 0 aromatic heterocycles. The third-order valence-electron chi connectivity index (χ3n) is 3.82. The van der Waals surface area contributed by atoms with Gasteiger partial charge in [0.25, 0.3) is 5.69 Å². The Kier molecular flexibility index (Phi) is 4.97. The number of benzene rings is 1. The van der Waals surface area contributed by atoms with Gasteiger partial charge in [0.1, 0.15) is 0 Å². The number of carboxylic acids is 1. The molecule has 1 fully saturated rings. The summed E-state index contributed by atoms with van der Waals surface area (Å²) >= 11 is 5.92. The van der Waals surface area contributed by atoms with E-state index in [9.17, 15) is 24.8 Å². The SMILES string of the molecule is O=C([O-])C1CCCCC1C(=O)Nc1cc([N+](=O)[O-])ccc1Cl. The maximum atomic E-state index is 12.3. The first-order valence-electron chi connectivity index (χ1n) is 6.86. The van der Waals surface area contributed by atoms with Gasteiger partial charge in [-0.1, -0.05) is 24.4 Å². The average Bonchev–Trinajstić information content (AvgIpc) is 2.49. The van der Waals surface area contributed by atoms with Crippen molar-refractivity contribution in [3.05, 3.63) is 33.3 Å². The first-order chi connectivity index (χ1) is 10.4. The minimum absolute atomic E-state index is 0.100. The highest BCUT2D eigenvalue weighted by Gasteiger charge is 2.32. The van der Waals surface area contributed by atoms with Gasteiger partial charge in [0.05, 0.1) is 15.6 Å². The van der Waals surface area contributed by atoms with Gasteiger partial charge in [-0.05, 0) is 18.9 Å². The van der Waals surface area contributed by atoms with Crippen LogP contribution in [-0.4, -0.2) is 16.8 Å². The molecule has 1 N–H and O–H groups in total. The zero-order valence-electron chi connectivity index (χ0n) is 11.6. The lowest BCUT2D eigenvalue weighted by Crippen LogP contribution is -2.42. The zero-order valence-corrected chi connectivity index (χ0v) is 12.3. The molecule has 22 heavy (non-hydrogen) atoms. The van der Waals surface area contributed by atoms with E-state index in [1.165, 1.54) is 12.1 Å². The summed E-state index contributed by atoms with van der Waals surface area (Å²) in [6.45, 7) is 0. The van der Waals surface area contributed by atoms with E-state index in [2.05, 4.69) is 5.32 Å². The molecule has 2 unspecified atom stereocenters. The summed E-state index contributed by atoms with van der Waals surface area (Å²) in [5.74, 6) is -3.30. The number of nitrogens with one attached hydrogen (secondary N) is 1. The fourth-order valence-corrected chi connectivity index (χ4v) is 2.84. The number of carbonyl (C=O) groups is 2. The topological polar surface area (TPSA) is 112 Å². The highest BCUT2D eigenvalue weighted by Crippen LogP contribution is 2.32. The van der Waals surface area contributed by atoms with Crippen molar-refractivity contribution < 1.29 is 19.6 Å². The van der Waals surface area contributed by atoms with Crippen LogP contribution in [0.25, 0.3) is 0 Å². The number of nitrogens with zero attached hydrogens (tertiary/aromatic N) is 1. The second kappa shape index (κ2) is 6.74. The molecule has 1 aliphatic carbocycles. The Labute approximate surface area is 131 Å². The van der Waals surface area contributed by atoms with Gasteiger partial charge in [-0.3, -0.25) is 14.9 Å². The molecule has 2 atom stereocenters. The van der Waals surface area contributed by atoms with E-state index in [-0.39, 0.29) is 16.4 Å². The zero-order chi connectivity index (χ0) is 16.3. The fourth-order valence-electron chi connectivity index (χ4n) is 2.67. The molecule has 1 aromatic rings. The monoisotopic (exact) mass is 325 g/mol. The van der Waals surface area contributed by atoms with Crippen LogP contribution in [0.15, 0.2) is 18.2 Å². The first-order valence-corrected chi connectivity index (χ1v) is 7.23. The lowest BCUT2D eigenvalue weighted by atomic mass is 9.78. The highest BCUT2D eigenvalue weighted by molar-refractivity contribution is 6.33. The number of anilines is 1. The summed E-state index contributed by atoms with van der Waals surface area (Å²) in [5, 5.41) is 24.5. The van der Waals surface area contributed by atoms with E-state index in [1.54, 1.807) is 0 Å². The molecule has 0 spiro atoms. The Morgan fingerprint density at radius 1 is 1.23 bits per heavy atom. The van der Waals surface area contributed by atoms with E-state index in [4.69, 9.17) is 11.6 Å². The van der Waals surface area contributed by atoms with Gasteiger partial charge >= 0.3 is 0 Å². The number of halogens is 1. The van der Waals surface area contributed by atoms with Crippen molar-refractivity contribution in [1.29, 1.82) is 0 Å². The lowest BCUT2D eigenvalue weighted by Gasteiger charge is -2.31. The summed E-state index contributed by atoms with van der Waals surface area (Å²) in [6, 6.07) is 3.69. The summed E-state index contributed by atoms with van der Waals surface area (Å²) in [4.78, 5) is 33.6. The maximum absolute atomic E-state index is 12.3. The van der Waals surface area contributed by atoms with E-state index in [0.717, 1.165) is 18.9 Å². The molecule has 1 amide bonds. The molecule has 0 saturated heterocycles. The van der Waals surface area contributed by atoms with Crippen molar-refractivity contribution in [2.45, 2.75) is 25.7 Å². The van der Waals surface area contributed by atoms with E-state index >= 15 is 0 Å². The van der Waals surface area contributed by atoms with E-state index < -0.39 is 28.6 Å². The molecule has 8 heteroatoms. The van der Waals surface area contributed by atoms with Crippen molar-refractivity contribution in [2.24, 2.45) is 11.8 Å². The number of aliphatic carboxylic acids is 1. The summed E-state index contributed by atoms with van der Waals surface area (Å²) < 4.78 is 0. The first kappa shape index (κ1) is 16.2. The summed E-state index contributed by atoms with van der Waals surface area (Å²) in [5.41, 5.74) is -0.108. The second-order valence-corrected chi connectivity index (χ2v) is 5.63. The lowest BCUT2D eigenvalue weighted by molar-refractivity contribution is -0.384. The number of rotatable bonds is 4. The van der Waals surface area contributed by atoms with Gasteiger partial charge in [-0.2, -0.15) is 0 Å². The largest absolute Gasteiger partial charge is 0.550 e. The van der Waals surface area contributed by atoms with Crippen LogP contribution in [0.2, 0.25) is 5.02 Å². The van der Waals surface area contributed by atoms with Crippen molar-refractivity contribution in [3.63, 3.8) is 0 Å². The van der Waals surface area contributed by atoms with Crippen molar-refractivity contribution in [3.8, 4) is 0 Å². The Hall–Kier alpha value is -2.15. The van der Waals surface area contributed by atoms with Crippen LogP contribution in [-0.2, 0) is 9.59 Å². The number of hydrogen-bond acceptors (Lipinski definition) is 5. The number of nitro benzene ring substituents is 1. The van der Waals surface area contributed by atoms with Crippen LogP contribution >= 0.6 is 11.6 Å². The molecular formula is C14H14ClN2O5-.